The first-order valence-electron chi connectivity index (χ1n) is 7.88. The predicted octanol–water partition coefficient (Wildman–Crippen LogP) is 3.89. The monoisotopic (exact) mass is 427 g/mol. The van der Waals surface area contributed by atoms with Gasteiger partial charge in [0.05, 0.1) is 12.8 Å². The third-order valence-electron chi connectivity index (χ3n) is 3.33. The van der Waals surface area contributed by atoms with E-state index in [1.54, 1.807) is 6.26 Å². The van der Waals surface area contributed by atoms with Crippen molar-refractivity contribution >= 4 is 29.9 Å². The molecule has 2 aromatic rings. The molecule has 2 N–H and O–H groups in total. The molecule has 0 aliphatic carbocycles. The lowest BCUT2D eigenvalue weighted by molar-refractivity contribution is 0.506. The maximum absolute atomic E-state index is 5.34. The van der Waals surface area contributed by atoms with Crippen LogP contribution in [0.1, 0.15) is 30.2 Å². The number of nitrogens with one attached hydrogen (secondary N) is 2. The lowest BCUT2D eigenvalue weighted by atomic mass is 10.1. The van der Waals surface area contributed by atoms with Crippen molar-refractivity contribution in [3.05, 3.63) is 59.5 Å². The van der Waals surface area contributed by atoms with E-state index < -0.39 is 0 Å². The zero-order chi connectivity index (χ0) is 15.6. The SMILES string of the molecule is CCCNC(=NCc1ccc(C)cc1)NCCc1ccco1.I. The highest BCUT2D eigenvalue weighted by Gasteiger charge is 2.00. The number of halogens is 1. The Morgan fingerprint density at radius 1 is 1.09 bits per heavy atom. The van der Waals surface area contributed by atoms with Gasteiger partial charge in [0.15, 0.2) is 5.96 Å². The molecule has 4 nitrogen and oxygen atoms in total. The van der Waals surface area contributed by atoms with Crippen LogP contribution >= 0.6 is 24.0 Å². The van der Waals surface area contributed by atoms with Crippen LogP contribution in [0.3, 0.4) is 0 Å². The van der Waals surface area contributed by atoms with Crippen molar-refractivity contribution in [1.82, 2.24) is 10.6 Å². The number of hydrogen-bond acceptors (Lipinski definition) is 2. The fourth-order valence-electron chi connectivity index (χ4n) is 2.04. The Morgan fingerprint density at radius 3 is 2.48 bits per heavy atom. The minimum Gasteiger partial charge on any atom is -0.469 e. The number of benzene rings is 1. The van der Waals surface area contributed by atoms with Gasteiger partial charge in [-0.1, -0.05) is 36.8 Å². The summed E-state index contributed by atoms with van der Waals surface area (Å²) in [6.07, 6.45) is 3.63. The summed E-state index contributed by atoms with van der Waals surface area (Å²) in [5.41, 5.74) is 2.49. The zero-order valence-corrected chi connectivity index (χ0v) is 16.2. The Morgan fingerprint density at radius 2 is 1.83 bits per heavy atom. The van der Waals surface area contributed by atoms with Gasteiger partial charge < -0.3 is 15.1 Å². The summed E-state index contributed by atoms with van der Waals surface area (Å²) in [7, 11) is 0. The molecule has 0 saturated heterocycles. The molecule has 0 aliphatic rings. The number of furan rings is 1. The van der Waals surface area contributed by atoms with E-state index >= 15 is 0 Å². The van der Waals surface area contributed by atoms with E-state index in [9.17, 15) is 0 Å². The van der Waals surface area contributed by atoms with Gasteiger partial charge in [0.2, 0.25) is 0 Å². The molecule has 0 amide bonds. The molecular formula is C18H26IN3O. The number of aliphatic imine (C=N–C) groups is 1. The minimum atomic E-state index is 0. The topological polar surface area (TPSA) is 49.6 Å². The Bertz CT molecular complexity index is 564. The molecule has 1 heterocycles. The average molecular weight is 427 g/mol. The van der Waals surface area contributed by atoms with E-state index in [4.69, 9.17) is 4.42 Å². The number of nitrogens with zero attached hydrogens (tertiary/aromatic N) is 1. The second kappa shape index (κ2) is 11.1. The molecule has 0 unspecified atom stereocenters. The molecule has 1 aromatic carbocycles. The zero-order valence-electron chi connectivity index (χ0n) is 13.8. The van der Waals surface area contributed by atoms with Gasteiger partial charge in [-0.2, -0.15) is 0 Å². The quantitative estimate of drug-likeness (QED) is 0.401. The van der Waals surface area contributed by atoms with Crippen molar-refractivity contribution in [3.8, 4) is 0 Å². The van der Waals surface area contributed by atoms with Crippen LogP contribution in [0, 0.1) is 6.92 Å². The Kier molecular flexibility index (Phi) is 9.43. The summed E-state index contributed by atoms with van der Waals surface area (Å²) in [5, 5.41) is 6.69. The molecule has 0 spiro atoms. The first-order chi connectivity index (χ1) is 10.8. The summed E-state index contributed by atoms with van der Waals surface area (Å²) in [6.45, 7) is 6.64. The van der Waals surface area contributed by atoms with Crippen LogP contribution in [-0.4, -0.2) is 19.0 Å². The molecule has 2 rings (SSSR count). The number of aryl methyl sites for hydroxylation is 1. The summed E-state index contributed by atoms with van der Waals surface area (Å²) < 4.78 is 5.34. The van der Waals surface area contributed by atoms with Gasteiger partial charge in [0.1, 0.15) is 5.76 Å². The van der Waals surface area contributed by atoms with Crippen molar-refractivity contribution in [2.45, 2.75) is 33.2 Å². The standard InChI is InChI=1S/C18H25N3O.HI/c1-3-11-19-18(20-12-10-17-5-4-13-22-17)21-14-16-8-6-15(2)7-9-16;/h4-9,13H,3,10-12,14H2,1-2H3,(H2,19,20,21);1H. The maximum Gasteiger partial charge on any atom is 0.191 e. The minimum absolute atomic E-state index is 0. The van der Waals surface area contributed by atoms with E-state index in [1.165, 1.54) is 11.1 Å². The van der Waals surface area contributed by atoms with Gasteiger partial charge in [-0.3, -0.25) is 0 Å². The van der Waals surface area contributed by atoms with Crippen LogP contribution in [-0.2, 0) is 13.0 Å². The Balaban J connectivity index is 0.00000264. The Hall–Kier alpha value is -1.50. The second-order valence-electron chi connectivity index (χ2n) is 5.33. The van der Waals surface area contributed by atoms with Crippen molar-refractivity contribution in [2.75, 3.05) is 13.1 Å². The van der Waals surface area contributed by atoms with Gasteiger partial charge in [0.25, 0.3) is 0 Å². The summed E-state index contributed by atoms with van der Waals surface area (Å²) in [4.78, 5) is 4.64. The summed E-state index contributed by atoms with van der Waals surface area (Å²) in [5.74, 6) is 1.84. The van der Waals surface area contributed by atoms with Crippen molar-refractivity contribution in [2.24, 2.45) is 4.99 Å². The molecular weight excluding hydrogens is 401 g/mol. The van der Waals surface area contributed by atoms with Crippen LogP contribution in [0.5, 0.6) is 0 Å². The van der Waals surface area contributed by atoms with Gasteiger partial charge >= 0.3 is 0 Å². The van der Waals surface area contributed by atoms with Crippen LogP contribution in [0.25, 0.3) is 0 Å². The normalized spacial score (nSPS) is 11.0. The van der Waals surface area contributed by atoms with Crippen LogP contribution in [0.4, 0.5) is 0 Å². The van der Waals surface area contributed by atoms with Crippen molar-refractivity contribution < 1.29 is 4.42 Å². The second-order valence-corrected chi connectivity index (χ2v) is 5.33. The molecule has 0 bridgehead atoms. The van der Waals surface area contributed by atoms with Gasteiger partial charge in [-0.15, -0.1) is 24.0 Å². The lowest BCUT2D eigenvalue weighted by Crippen LogP contribution is -2.38. The van der Waals surface area contributed by atoms with E-state index in [-0.39, 0.29) is 24.0 Å². The predicted molar refractivity (Wildman–Crippen MR) is 106 cm³/mol. The largest absolute Gasteiger partial charge is 0.469 e. The highest BCUT2D eigenvalue weighted by Crippen LogP contribution is 2.04. The summed E-state index contributed by atoms with van der Waals surface area (Å²) >= 11 is 0. The van der Waals surface area contributed by atoms with E-state index in [2.05, 4.69) is 53.7 Å². The molecule has 0 radical (unpaired) electrons. The summed E-state index contributed by atoms with van der Waals surface area (Å²) in [6, 6.07) is 12.4. The van der Waals surface area contributed by atoms with E-state index in [1.807, 2.05) is 12.1 Å². The third-order valence-corrected chi connectivity index (χ3v) is 3.33. The highest BCUT2D eigenvalue weighted by atomic mass is 127. The number of hydrogen-bond donors (Lipinski definition) is 2. The van der Waals surface area contributed by atoms with Crippen LogP contribution in [0.15, 0.2) is 52.1 Å². The molecule has 126 valence electrons. The van der Waals surface area contributed by atoms with Gasteiger partial charge in [-0.05, 0) is 31.0 Å². The maximum atomic E-state index is 5.34. The fraction of sp³-hybridized carbons (Fsp3) is 0.389. The van der Waals surface area contributed by atoms with Crippen LogP contribution in [0.2, 0.25) is 0 Å². The third kappa shape index (κ3) is 7.54. The molecule has 0 saturated carbocycles. The smallest absolute Gasteiger partial charge is 0.191 e. The molecule has 1 aromatic heterocycles. The lowest BCUT2D eigenvalue weighted by Gasteiger charge is -2.11. The van der Waals surface area contributed by atoms with E-state index in [0.717, 1.165) is 37.7 Å². The molecule has 23 heavy (non-hydrogen) atoms. The van der Waals surface area contributed by atoms with E-state index in [0.29, 0.717) is 6.54 Å². The fourth-order valence-corrected chi connectivity index (χ4v) is 2.04. The number of rotatable bonds is 7. The van der Waals surface area contributed by atoms with Gasteiger partial charge in [-0.25, -0.2) is 4.99 Å². The first-order valence-corrected chi connectivity index (χ1v) is 7.88. The molecule has 0 atom stereocenters. The van der Waals surface area contributed by atoms with Gasteiger partial charge in [0, 0.05) is 19.5 Å². The Labute approximate surface area is 155 Å². The molecule has 0 aliphatic heterocycles. The van der Waals surface area contributed by atoms with Crippen LogP contribution < -0.4 is 10.6 Å². The first kappa shape index (κ1) is 19.5. The highest BCUT2D eigenvalue weighted by molar-refractivity contribution is 14.0. The van der Waals surface area contributed by atoms with Crippen molar-refractivity contribution in [1.29, 1.82) is 0 Å². The number of guanidine groups is 1. The van der Waals surface area contributed by atoms with Crippen molar-refractivity contribution in [3.63, 3.8) is 0 Å². The average Bonchev–Trinajstić information content (AvgIpc) is 3.04. The molecule has 5 heteroatoms. The molecule has 0 fully saturated rings.